The van der Waals surface area contributed by atoms with Crippen LogP contribution in [0.4, 0.5) is 0 Å². The maximum absolute atomic E-state index is 12.9. The van der Waals surface area contributed by atoms with E-state index in [0.717, 1.165) is 65.7 Å². The lowest BCUT2D eigenvalue weighted by Crippen LogP contribution is -2.48. The summed E-state index contributed by atoms with van der Waals surface area (Å²) in [6, 6.07) is 21.9. The molecule has 1 saturated heterocycles. The zero-order chi connectivity index (χ0) is 22.5. The van der Waals surface area contributed by atoms with Gasteiger partial charge < -0.3 is 9.64 Å². The highest BCUT2D eigenvalue weighted by atomic mass is 35.5. The van der Waals surface area contributed by atoms with Gasteiger partial charge in [0.15, 0.2) is 0 Å². The fourth-order valence-corrected chi connectivity index (χ4v) is 4.32. The Hall–Kier alpha value is -2.82. The fraction of sp³-hybridized carbons (Fsp3) is 0.296. The van der Waals surface area contributed by atoms with Gasteiger partial charge in [0, 0.05) is 43.3 Å². The molecule has 1 fully saturated rings. The molecular formula is C27H29ClN2O2. The molecule has 5 heteroatoms. The van der Waals surface area contributed by atoms with Crippen molar-refractivity contribution in [2.45, 2.75) is 27.0 Å². The Bertz CT molecular complexity index is 1050. The van der Waals surface area contributed by atoms with Crippen LogP contribution in [-0.4, -0.2) is 41.9 Å². The quantitative estimate of drug-likeness (QED) is 0.499. The molecule has 0 aliphatic carbocycles. The van der Waals surface area contributed by atoms with Gasteiger partial charge in [0.1, 0.15) is 12.4 Å². The third-order valence-corrected chi connectivity index (χ3v) is 6.18. The third kappa shape index (κ3) is 5.50. The maximum Gasteiger partial charge on any atom is 0.253 e. The number of piperazine rings is 1. The Morgan fingerprint density at radius 3 is 2.19 bits per heavy atom. The van der Waals surface area contributed by atoms with Crippen LogP contribution in [0.2, 0.25) is 5.02 Å². The summed E-state index contributed by atoms with van der Waals surface area (Å²) in [6.07, 6.45) is 0. The topological polar surface area (TPSA) is 32.8 Å². The van der Waals surface area contributed by atoms with E-state index in [9.17, 15) is 4.79 Å². The Kier molecular flexibility index (Phi) is 7.13. The monoisotopic (exact) mass is 448 g/mol. The number of carbonyl (C=O) groups excluding carboxylic acids is 1. The highest BCUT2D eigenvalue weighted by Crippen LogP contribution is 2.23. The first-order chi connectivity index (χ1) is 15.5. The Morgan fingerprint density at radius 2 is 1.53 bits per heavy atom. The fourth-order valence-electron chi connectivity index (χ4n) is 4.11. The summed E-state index contributed by atoms with van der Waals surface area (Å²) in [5.41, 5.74) is 5.24. The molecule has 0 N–H and O–H groups in total. The van der Waals surface area contributed by atoms with Crippen LogP contribution in [0.3, 0.4) is 0 Å². The first-order valence-electron chi connectivity index (χ1n) is 11.0. The highest BCUT2D eigenvalue weighted by Gasteiger charge is 2.22. The number of para-hydroxylation sites is 1. The van der Waals surface area contributed by atoms with E-state index in [1.54, 1.807) is 0 Å². The predicted octanol–water partition coefficient (Wildman–Crippen LogP) is 5.49. The minimum Gasteiger partial charge on any atom is -0.488 e. The molecule has 3 aromatic carbocycles. The molecule has 3 aromatic rings. The van der Waals surface area contributed by atoms with Crippen molar-refractivity contribution < 1.29 is 9.53 Å². The van der Waals surface area contributed by atoms with E-state index in [2.05, 4.69) is 36.9 Å². The first kappa shape index (κ1) is 22.4. The van der Waals surface area contributed by atoms with Crippen molar-refractivity contribution in [2.75, 3.05) is 26.2 Å². The van der Waals surface area contributed by atoms with Crippen molar-refractivity contribution in [1.29, 1.82) is 0 Å². The normalized spacial score (nSPS) is 14.4. The number of ether oxygens (including phenoxy) is 1. The summed E-state index contributed by atoms with van der Waals surface area (Å²) in [5.74, 6) is 1.03. The lowest BCUT2D eigenvalue weighted by Gasteiger charge is -2.34. The van der Waals surface area contributed by atoms with E-state index in [-0.39, 0.29) is 5.91 Å². The lowest BCUT2D eigenvalue weighted by molar-refractivity contribution is 0.0628. The summed E-state index contributed by atoms with van der Waals surface area (Å²) >= 11 is 6.09. The molecule has 4 nitrogen and oxygen atoms in total. The molecule has 0 saturated carbocycles. The van der Waals surface area contributed by atoms with Crippen LogP contribution in [0.5, 0.6) is 5.75 Å². The smallest absolute Gasteiger partial charge is 0.253 e. The van der Waals surface area contributed by atoms with Crippen LogP contribution < -0.4 is 4.74 Å². The van der Waals surface area contributed by atoms with E-state index >= 15 is 0 Å². The molecule has 0 spiro atoms. The van der Waals surface area contributed by atoms with Gasteiger partial charge in [-0.25, -0.2) is 0 Å². The van der Waals surface area contributed by atoms with Gasteiger partial charge in [-0.3, -0.25) is 9.69 Å². The average Bonchev–Trinajstić information content (AvgIpc) is 2.79. The van der Waals surface area contributed by atoms with Crippen molar-refractivity contribution >= 4 is 17.5 Å². The van der Waals surface area contributed by atoms with E-state index < -0.39 is 0 Å². The summed E-state index contributed by atoms with van der Waals surface area (Å²) in [4.78, 5) is 17.3. The minimum absolute atomic E-state index is 0.0922. The highest BCUT2D eigenvalue weighted by molar-refractivity contribution is 6.30. The Labute approximate surface area is 195 Å². The number of benzene rings is 3. The molecule has 0 radical (unpaired) electrons. The van der Waals surface area contributed by atoms with Gasteiger partial charge in [0.05, 0.1) is 0 Å². The summed E-state index contributed by atoms with van der Waals surface area (Å²) in [5, 5.41) is 0.763. The predicted molar refractivity (Wildman–Crippen MR) is 129 cm³/mol. The number of nitrogens with zero attached hydrogens (tertiary/aromatic N) is 2. The minimum atomic E-state index is 0.0922. The Balaban J connectivity index is 1.29. The van der Waals surface area contributed by atoms with Gasteiger partial charge in [0.2, 0.25) is 0 Å². The number of aryl methyl sites for hydroxylation is 2. The molecule has 1 heterocycles. The number of halogens is 1. The number of rotatable bonds is 6. The van der Waals surface area contributed by atoms with Gasteiger partial charge in [-0.05, 0) is 60.4 Å². The van der Waals surface area contributed by atoms with Crippen molar-refractivity contribution in [1.82, 2.24) is 9.80 Å². The second kappa shape index (κ2) is 10.2. The molecule has 1 amide bonds. The number of hydrogen-bond acceptors (Lipinski definition) is 3. The second-order valence-electron chi connectivity index (χ2n) is 8.40. The first-order valence-corrected chi connectivity index (χ1v) is 11.4. The van der Waals surface area contributed by atoms with Crippen LogP contribution >= 0.6 is 11.6 Å². The summed E-state index contributed by atoms with van der Waals surface area (Å²) in [7, 11) is 0. The van der Waals surface area contributed by atoms with Crippen LogP contribution in [0.25, 0.3) is 0 Å². The van der Waals surface area contributed by atoms with Crippen LogP contribution in [0, 0.1) is 13.8 Å². The number of carbonyl (C=O) groups is 1. The van der Waals surface area contributed by atoms with Gasteiger partial charge in [-0.15, -0.1) is 0 Å². The molecule has 0 unspecified atom stereocenters. The van der Waals surface area contributed by atoms with Crippen LogP contribution in [-0.2, 0) is 13.2 Å². The summed E-state index contributed by atoms with van der Waals surface area (Å²) in [6.45, 7) is 8.64. The van der Waals surface area contributed by atoms with Crippen LogP contribution in [0.15, 0.2) is 66.7 Å². The molecule has 0 atom stereocenters. The SMILES string of the molecule is Cc1cccc(C)c1OCc1ccc(C(=O)N2CCN(Cc3cccc(Cl)c3)CC2)cc1. The second-order valence-corrected chi connectivity index (χ2v) is 8.84. The molecule has 32 heavy (non-hydrogen) atoms. The van der Waals surface area contributed by atoms with E-state index in [1.807, 2.05) is 53.4 Å². The van der Waals surface area contributed by atoms with Crippen molar-refractivity contribution in [3.63, 3.8) is 0 Å². The zero-order valence-corrected chi connectivity index (χ0v) is 19.4. The van der Waals surface area contributed by atoms with Gasteiger partial charge in [0.25, 0.3) is 5.91 Å². The average molecular weight is 449 g/mol. The van der Waals surface area contributed by atoms with E-state index in [4.69, 9.17) is 16.3 Å². The molecule has 0 aromatic heterocycles. The van der Waals surface area contributed by atoms with Crippen molar-refractivity contribution in [3.05, 3.63) is 99.6 Å². The number of amides is 1. The van der Waals surface area contributed by atoms with Crippen LogP contribution in [0.1, 0.15) is 32.6 Å². The third-order valence-electron chi connectivity index (χ3n) is 5.95. The van der Waals surface area contributed by atoms with E-state index in [1.165, 1.54) is 5.56 Å². The van der Waals surface area contributed by atoms with Crippen molar-refractivity contribution in [3.8, 4) is 5.75 Å². The zero-order valence-electron chi connectivity index (χ0n) is 18.7. The summed E-state index contributed by atoms with van der Waals surface area (Å²) < 4.78 is 6.03. The van der Waals surface area contributed by atoms with Gasteiger partial charge in [-0.2, -0.15) is 0 Å². The lowest BCUT2D eigenvalue weighted by atomic mass is 10.1. The molecule has 1 aliphatic heterocycles. The largest absolute Gasteiger partial charge is 0.488 e. The number of hydrogen-bond donors (Lipinski definition) is 0. The molecule has 166 valence electrons. The Morgan fingerprint density at radius 1 is 0.875 bits per heavy atom. The molecular weight excluding hydrogens is 420 g/mol. The molecule has 4 rings (SSSR count). The standard InChI is InChI=1S/C27H29ClN2O2/c1-20-5-3-6-21(2)26(20)32-19-22-9-11-24(12-10-22)27(31)30-15-13-29(14-16-30)18-23-7-4-8-25(28)17-23/h3-12,17H,13-16,18-19H2,1-2H3. The van der Waals surface area contributed by atoms with E-state index in [0.29, 0.717) is 6.61 Å². The maximum atomic E-state index is 12.9. The molecule has 1 aliphatic rings. The molecule has 0 bridgehead atoms. The van der Waals surface area contributed by atoms with Gasteiger partial charge >= 0.3 is 0 Å². The van der Waals surface area contributed by atoms with Gasteiger partial charge in [-0.1, -0.05) is 54.1 Å². The van der Waals surface area contributed by atoms with Crippen molar-refractivity contribution in [2.24, 2.45) is 0 Å².